The van der Waals surface area contributed by atoms with E-state index in [1.54, 1.807) is 0 Å². The van der Waals surface area contributed by atoms with Crippen molar-refractivity contribution in [1.82, 2.24) is 0 Å². The molecule has 0 bridgehead atoms. The molecule has 0 amide bonds. The van der Waals surface area contributed by atoms with Crippen molar-refractivity contribution < 1.29 is 4.74 Å². The molecule has 0 aliphatic heterocycles. The Morgan fingerprint density at radius 2 is 0.704 bits per heavy atom. The van der Waals surface area contributed by atoms with Gasteiger partial charge in [0.1, 0.15) is 12.2 Å². The van der Waals surface area contributed by atoms with E-state index in [0.717, 1.165) is 45.3 Å². The van der Waals surface area contributed by atoms with E-state index in [0.29, 0.717) is 0 Å². The summed E-state index contributed by atoms with van der Waals surface area (Å²) in [6, 6.07) is 2.01. The van der Waals surface area contributed by atoms with Crippen LogP contribution in [0.1, 0.15) is 83.1 Å². The number of hydrogen-bond donors (Lipinski definition) is 0. The Hall–Kier alpha value is -0.646. The Kier molecular flexibility index (Phi) is 11.1. The Bertz CT molecular complexity index is 457. The lowest BCUT2D eigenvalue weighted by molar-refractivity contribution is 0.478. The maximum absolute atomic E-state index is 5.43. The van der Waals surface area contributed by atoms with Gasteiger partial charge in [0.05, 0.1) is 16.1 Å². The highest BCUT2D eigenvalue weighted by Gasteiger charge is 2.42. The third-order valence-corrected chi connectivity index (χ3v) is 22.0. The van der Waals surface area contributed by atoms with Gasteiger partial charge in [-0.2, -0.15) is 0 Å². The highest BCUT2D eigenvalue weighted by Crippen LogP contribution is 2.45. The lowest BCUT2D eigenvalue weighted by Crippen LogP contribution is -2.43. The molecule has 0 unspecified atom stereocenters. The minimum Gasteiger partial charge on any atom is -0.357 e. The monoisotopic (exact) mass is 406 g/mol. The molecule has 0 rings (SSSR count). The number of rotatable bonds is 8. The zero-order valence-electron chi connectivity index (χ0n) is 20.3. The average Bonchev–Trinajstić information content (AvgIpc) is 2.51. The Labute approximate surface area is 173 Å². The first kappa shape index (κ1) is 26.4. The zero-order chi connectivity index (χ0) is 21.4. The molecule has 0 aromatic heterocycles. The van der Waals surface area contributed by atoms with Crippen LogP contribution >= 0.6 is 0 Å². The van der Waals surface area contributed by atoms with Crippen LogP contribution < -0.4 is 0 Å². The van der Waals surface area contributed by atoms with Crippen LogP contribution in [0.15, 0.2) is 0 Å². The van der Waals surface area contributed by atoms with Crippen molar-refractivity contribution in [2.45, 2.75) is 128 Å². The van der Waals surface area contributed by atoms with Crippen molar-refractivity contribution in [1.29, 1.82) is 0 Å². The maximum Gasteiger partial charge on any atom is 0.129 e. The molecule has 0 spiro atoms. The first-order chi connectivity index (χ1) is 12.4. The van der Waals surface area contributed by atoms with Crippen LogP contribution in [0.4, 0.5) is 0 Å². The van der Waals surface area contributed by atoms with Crippen LogP contribution in [-0.2, 0) is 4.74 Å². The summed E-state index contributed by atoms with van der Waals surface area (Å²) in [5.74, 6) is 6.67. The van der Waals surface area contributed by atoms with Crippen molar-refractivity contribution in [2.75, 3.05) is 0 Å². The van der Waals surface area contributed by atoms with Gasteiger partial charge in [-0.1, -0.05) is 94.9 Å². The fourth-order valence-corrected chi connectivity index (χ4v) is 16.9. The molecule has 27 heavy (non-hydrogen) atoms. The summed E-state index contributed by atoms with van der Waals surface area (Å²) in [5.41, 5.74) is 4.38. The van der Waals surface area contributed by atoms with E-state index in [-0.39, 0.29) is 0 Å². The SMILES string of the molecule is CC(C)[Si](CC#COC#CC[Si](C(C)C)(C(C)C)C(C)C)(C(C)C)C(C)C. The van der Waals surface area contributed by atoms with Gasteiger partial charge < -0.3 is 4.74 Å². The van der Waals surface area contributed by atoms with Crippen molar-refractivity contribution >= 4 is 16.1 Å². The summed E-state index contributed by atoms with van der Waals surface area (Å²) < 4.78 is 5.43. The van der Waals surface area contributed by atoms with E-state index in [1.165, 1.54) is 0 Å². The van der Waals surface area contributed by atoms with Crippen LogP contribution in [0.25, 0.3) is 0 Å². The molecular formula is C24H46OSi2. The van der Waals surface area contributed by atoms with Crippen LogP contribution in [-0.4, -0.2) is 16.1 Å². The van der Waals surface area contributed by atoms with Crippen LogP contribution in [0.5, 0.6) is 0 Å². The molecule has 1 nitrogen and oxygen atoms in total. The molecular weight excluding hydrogens is 360 g/mol. The molecule has 0 fully saturated rings. The molecule has 0 aliphatic carbocycles. The summed E-state index contributed by atoms with van der Waals surface area (Å²) in [6.07, 6.45) is 5.81. The van der Waals surface area contributed by atoms with Gasteiger partial charge in [0.25, 0.3) is 0 Å². The predicted molar refractivity (Wildman–Crippen MR) is 128 cm³/mol. The third-order valence-electron chi connectivity index (χ3n) is 7.49. The van der Waals surface area contributed by atoms with Gasteiger partial charge in [0.15, 0.2) is 0 Å². The van der Waals surface area contributed by atoms with E-state index >= 15 is 0 Å². The largest absolute Gasteiger partial charge is 0.357 e. The summed E-state index contributed by atoms with van der Waals surface area (Å²) in [7, 11) is -2.93. The standard InChI is InChI=1S/C24H46OSi2/c1-19(2)26(20(3)4,21(5)6)17-13-15-25-16-14-18-27(22(7)8,23(9)10)24(11)12/h19-24H,17-18H2,1-12H3. The minimum atomic E-state index is -1.47. The fourth-order valence-electron chi connectivity index (χ4n) is 5.70. The first-order valence-electron chi connectivity index (χ1n) is 11.0. The highest BCUT2D eigenvalue weighted by molar-refractivity contribution is 6.84. The van der Waals surface area contributed by atoms with Gasteiger partial charge in [-0.3, -0.25) is 0 Å². The second kappa shape index (κ2) is 11.4. The molecule has 0 saturated heterocycles. The molecule has 0 aromatic rings. The van der Waals surface area contributed by atoms with Gasteiger partial charge in [0.2, 0.25) is 0 Å². The Morgan fingerprint density at radius 1 is 0.481 bits per heavy atom. The molecule has 156 valence electrons. The van der Waals surface area contributed by atoms with Gasteiger partial charge in [-0.05, 0) is 33.2 Å². The summed E-state index contributed by atoms with van der Waals surface area (Å²) in [4.78, 5) is 0. The van der Waals surface area contributed by atoms with Crippen molar-refractivity contribution in [3.63, 3.8) is 0 Å². The average molecular weight is 407 g/mol. The topological polar surface area (TPSA) is 9.23 Å². The Balaban J connectivity index is 5.13. The van der Waals surface area contributed by atoms with E-state index in [4.69, 9.17) is 4.74 Å². The lowest BCUT2D eigenvalue weighted by Gasteiger charge is -2.41. The van der Waals surface area contributed by atoms with Crippen LogP contribution in [0.3, 0.4) is 0 Å². The third kappa shape index (κ3) is 6.17. The van der Waals surface area contributed by atoms with Crippen molar-refractivity contribution in [3.05, 3.63) is 0 Å². The van der Waals surface area contributed by atoms with E-state index < -0.39 is 16.1 Å². The van der Waals surface area contributed by atoms with Crippen molar-refractivity contribution in [3.8, 4) is 24.1 Å². The number of ether oxygens (including phenoxy) is 1. The lowest BCUT2D eigenvalue weighted by atomic mass is 10.5. The van der Waals surface area contributed by atoms with E-state index in [9.17, 15) is 0 Å². The summed E-state index contributed by atoms with van der Waals surface area (Å²) in [6.45, 7) is 28.5. The molecule has 0 heterocycles. The van der Waals surface area contributed by atoms with Crippen molar-refractivity contribution in [2.24, 2.45) is 0 Å². The quantitative estimate of drug-likeness (QED) is 0.291. The normalized spacial score (nSPS) is 12.7. The summed E-state index contributed by atoms with van der Waals surface area (Å²) >= 11 is 0. The summed E-state index contributed by atoms with van der Waals surface area (Å²) in [5, 5.41) is 0. The molecule has 0 saturated carbocycles. The van der Waals surface area contributed by atoms with E-state index in [1.807, 2.05) is 0 Å². The van der Waals surface area contributed by atoms with Gasteiger partial charge in [-0.25, -0.2) is 0 Å². The van der Waals surface area contributed by atoms with Gasteiger partial charge >= 0.3 is 0 Å². The molecule has 0 atom stereocenters. The molecule has 0 aliphatic rings. The fraction of sp³-hybridized carbons (Fsp3) is 0.833. The second-order valence-electron chi connectivity index (χ2n) is 10.2. The Morgan fingerprint density at radius 3 is 0.889 bits per heavy atom. The number of hydrogen-bond acceptors (Lipinski definition) is 1. The molecule has 3 heteroatoms. The highest BCUT2D eigenvalue weighted by atomic mass is 28.3. The van der Waals surface area contributed by atoms with Crippen LogP contribution in [0, 0.1) is 24.1 Å². The predicted octanol–water partition coefficient (Wildman–Crippen LogP) is 8.28. The minimum absolute atomic E-state index is 0.729. The molecule has 0 aromatic carbocycles. The van der Waals surface area contributed by atoms with E-state index in [2.05, 4.69) is 107 Å². The molecule has 0 N–H and O–H groups in total. The first-order valence-corrected chi connectivity index (χ1v) is 15.9. The van der Waals surface area contributed by atoms with Gasteiger partial charge in [-0.15, -0.1) is 0 Å². The van der Waals surface area contributed by atoms with Crippen LogP contribution in [0.2, 0.25) is 45.3 Å². The van der Waals surface area contributed by atoms with Gasteiger partial charge in [0, 0.05) is 12.1 Å². The zero-order valence-corrected chi connectivity index (χ0v) is 22.3. The smallest absolute Gasteiger partial charge is 0.129 e. The second-order valence-corrected chi connectivity index (χ2v) is 22.3. The maximum atomic E-state index is 5.43. The molecule has 0 radical (unpaired) electrons.